The Hall–Kier alpha value is -2.40. The molecule has 1 aromatic heterocycles. The van der Waals surface area contributed by atoms with Crippen LogP contribution in [0.1, 0.15) is 10.5 Å². The molecule has 0 aliphatic carbocycles. The largest absolute Gasteiger partial charge is 0.477 e. The zero-order valence-electron chi connectivity index (χ0n) is 10.5. The van der Waals surface area contributed by atoms with E-state index in [-0.39, 0.29) is 11.6 Å². The van der Waals surface area contributed by atoms with Gasteiger partial charge in [0.15, 0.2) is 0 Å². The molecular formula is C14H12ClN3O2. The van der Waals surface area contributed by atoms with Crippen LogP contribution < -0.4 is 5.73 Å². The van der Waals surface area contributed by atoms with Crippen LogP contribution in [0.2, 0.25) is 0 Å². The highest BCUT2D eigenvalue weighted by atomic mass is 35.5. The Labute approximate surface area is 120 Å². The first-order chi connectivity index (χ1) is 9.60. The van der Waals surface area contributed by atoms with E-state index in [2.05, 4.69) is 9.98 Å². The minimum absolute atomic E-state index is 0.00308. The number of hydrogen-bond acceptors (Lipinski definition) is 3. The second-order valence-corrected chi connectivity index (χ2v) is 4.27. The molecule has 102 valence electrons. The van der Waals surface area contributed by atoms with Gasteiger partial charge >= 0.3 is 5.97 Å². The van der Waals surface area contributed by atoms with Gasteiger partial charge in [0.25, 0.3) is 0 Å². The molecule has 0 fully saturated rings. The lowest BCUT2D eigenvalue weighted by molar-refractivity contribution is 0.0690. The van der Waals surface area contributed by atoms with Gasteiger partial charge in [-0.05, 0) is 24.3 Å². The summed E-state index contributed by atoms with van der Waals surface area (Å²) in [6.45, 7) is 0. The van der Waals surface area contributed by atoms with Crippen LogP contribution in [-0.4, -0.2) is 27.8 Å². The van der Waals surface area contributed by atoms with Crippen LogP contribution in [0.3, 0.4) is 0 Å². The molecule has 0 bridgehead atoms. The lowest BCUT2D eigenvalue weighted by Gasteiger charge is -2.04. The molecule has 1 aromatic carbocycles. The summed E-state index contributed by atoms with van der Waals surface area (Å²) in [4.78, 5) is 19.1. The minimum atomic E-state index is -1.06. The van der Waals surface area contributed by atoms with Crippen LogP contribution in [0, 0.1) is 0 Å². The summed E-state index contributed by atoms with van der Waals surface area (Å²) in [6.07, 6.45) is 0. The molecule has 5 nitrogen and oxygen atoms in total. The average Bonchev–Trinajstić information content (AvgIpc) is 2.47. The van der Waals surface area contributed by atoms with E-state index in [1.807, 2.05) is 6.07 Å². The highest BCUT2D eigenvalue weighted by molar-refractivity contribution is 6.28. The number of rotatable bonds is 4. The minimum Gasteiger partial charge on any atom is -0.477 e. The van der Waals surface area contributed by atoms with Gasteiger partial charge in [0.1, 0.15) is 11.5 Å². The van der Waals surface area contributed by atoms with Gasteiger partial charge in [0.05, 0.1) is 17.3 Å². The quantitative estimate of drug-likeness (QED) is 0.514. The number of pyridine rings is 1. The number of aromatic nitrogens is 1. The first-order valence-electron chi connectivity index (χ1n) is 5.80. The Morgan fingerprint density at radius 2 is 2.05 bits per heavy atom. The molecule has 0 aliphatic heterocycles. The van der Waals surface area contributed by atoms with E-state index in [1.54, 1.807) is 30.3 Å². The van der Waals surface area contributed by atoms with E-state index < -0.39 is 5.97 Å². The molecular weight excluding hydrogens is 278 g/mol. The second kappa shape index (κ2) is 6.16. The topological polar surface area (TPSA) is 88.6 Å². The smallest absolute Gasteiger partial charge is 0.354 e. The van der Waals surface area contributed by atoms with Gasteiger partial charge in [0, 0.05) is 5.56 Å². The monoisotopic (exact) mass is 289 g/mol. The van der Waals surface area contributed by atoms with Crippen LogP contribution in [-0.2, 0) is 0 Å². The summed E-state index contributed by atoms with van der Waals surface area (Å²) in [5, 5.41) is 8.95. The number of nitrogens with zero attached hydrogens (tertiary/aromatic N) is 2. The SMILES string of the molecule is NC(CCl)=Nc1cccc(-c2cccc(C(=O)O)n2)c1. The van der Waals surface area contributed by atoms with E-state index in [0.717, 1.165) is 5.56 Å². The molecule has 2 aromatic rings. The van der Waals surface area contributed by atoms with Crippen LogP contribution in [0.25, 0.3) is 11.3 Å². The number of nitrogens with two attached hydrogens (primary N) is 1. The third-order valence-electron chi connectivity index (χ3n) is 2.52. The summed E-state index contributed by atoms with van der Waals surface area (Å²) in [5.41, 5.74) is 7.54. The molecule has 0 radical (unpaired) electrons. The van der Waals surface area contributed by atoms with Gasteiger partial charge in [-0.1, -0.05) is 18.2 Å². The Balaban J connectivity index is 2.41. The molecule has 0 amide bonds. The van der Waals surface area contributed by atoms with Crippen molar-refractivity contribution in [3.05, 3.63) is 48.2 Å². The van der Waals surface area contributed by atoms with Crippen LogP contribution in [0.5, 0.6) is 0 Å². The number of hydrogen-bond donors (Lipinski definition) is 2. The molecule has 20 heavy (non-hydrogen) atoms. The van der Waals surface area contributed by atoms with Gasteiger partial charge in [-0.3, -0.25) is 0 Å². The molecule has 0 spiro atoms. The molecule has 0 saturated carbocycles. The summed E-state index contributed by atoms with van der Waals surface area (Å²) >= 11 is 5.58. The fraction of sp³-hybridized carbons (Fsp3) is 0.0714. The van der Waals surface area contributed by atoms with Gasteiger partial charge in [-0.25, -0.2) is 14.8 Å². The number of halogens is 1. The number of carbonyl (C=O) groups is 1. The Kier molecular flexibility index (Phi) is 4.32. The third-order valence-corrected chi connectivity index (χ3v) is 2.79. The number of carboxylic acids is 1. The van der Waals surface area contributed by atoms with Gasteiger partial charge in [-0.2, -0.15) is 0 Å². The number of benzene rings is 1. The molecule has 2 rings (SSSR count). The molecule has 3 N–H and O–H groups in total. The first-order valence-corrected chi connectivity index (χ1v) is 6.33. The predicted octanol–water partition coefficient (Wildman–Crippen LogP) is 2.67. The van der Waals surface area contributed by atoms with E-state index >= 15 is 0 Å². The van der Waals surface area contributed by atoms with E-state index in [0.29, 0.717) is 17.2 Å². The third kappa shape index (κ3) is 3.33. The van der Waals surface area contributed by atoms with Gasteiger partial charge in [0.2, 0.25) is 0 Å². The van der Waals surface area contributed by atoms with Crippen LogP contribution in [0.4, 0.5) is 5.69 Å². The molecule has 0 atom stereocenters. The highest BCUT2D eigenvalue weighted by Crippen LogP contribution is 2.23. The van der Waals surface area contributed by atoms with Crippen molar-refractivity contribution in [3.63, 3.8) is 0 Å². The van der Waals surface area contributed by atoms with Crippen LogP contribution >= 0.6 is 11.6 Å². The summed E-state index contributed by atoms with van der Waals surface area (Å²) in [6, 6.07) is 12.0. The van der Waals surface area contributed by atoms with Crippen molar-refractivity contribution in [1.29, 1.82) is 0 Å². The zero-order valence-corrected chi connectivity index (χ0v) is 11.2. The molecule has 0 unspecified atom stereocenters. The number of amidine groups is 1. The van der Waals surface area contributed by atoms with Crippen molar-refractivity contribution in [2.24, 2.45) is 10.7 Å². The molecule has 6 heteroatoms. The maximum atomic E-state index is 10.9. The maximum absolute atomic E-state index is 10.9. The molecule has 0 saturated heterocycles. The summed E-state index contributed by atoms with van der Waals surface area (Å²) in [7, 11) is 0. The molecule has 1 heterocycles. The van der Waals surface area contributed by atoms with Gasteiger partial charge < -0.3 is 10.8 Å². The van der Waals surface area contributed by atoms with Crippen molar-refractivity contribution in [2.45, 2.75) is 0 Å². The van der Waals surface area contributed by atoms with E-state index in [4.69, 9.17) is 22.4 Å². The Morgan fingerprint density at radius 1 is 1.30 bits per heavy atom. The zero-order chi connectivity index (χ0) is 14.5. The lowest BCUT2D eigenvalue weighted by atomic mass is 10.1. The summed E-state index contributed by atoms with van der Waals surface area (Å²) in [5.74, 6) is -0.597. The summed E-state index contributed by atoms with van der Waals surface area (Å²) < 4.78 is 0. The normalized spacial score (nSPS) is 11.3. The number of carboxylic acid groups (broad SMARTS) is 1. The predicted molar refractivity (Wildman–Crippen MR) is 78.6 cm³/mol. The Bertz CT molecular complexity index is 671. The van der Waals surface area contributed by atoms with E-state index in [9.17, 15) is 4.79 Å². The fourth-order valence-corrected chi connectivity index (χ4v) is 1.70. The first kappa shape index (κ1) is 14.0. The number of aliphatic imine (C=N–C) groups is 1. The van der Waals surface area contributed by atoms with Crippen molar-refractivity contribution < 1.29 is 9.90 Å². The average molecular weight is 290 g/mol. The standard InChI is InChI=1S/C14H12ClN3O2/c15-8-13(16)17-10-4-1-3-9(7-10)11-5-2-6-12(18-11)14(19)20/h1-7H,8H2,(H2,16,17)(H,19,20). The Morgan fingerprint density at radius 3 is 2.75 bits per heavy atom. The maximum Gasteiger partial charge on any atom is 0.354 e. The fourth-order valence-electron chi connectivity index (χ4n) is 1.65. The highest BCUT2D eigenvalue weighted by Gasteiger charge is 2.07. The number of aromatic carboxylic acids is 1. The number of alkyl halides is 1. The van der Waals surface area contributed by atoms with Gasteiger partial charge in [-0.15, -0.1) is 11.6 Å². The van der Waals surface area contributed by atoms with Crippen LogP contribution in [0.15, 0.2) is 47.5 Å². The second-order valence-electron chi connectivity index (χ2n) is 4.00. The van der Waals surface area contributed by atoms with Crippen molar-refractivity contribution in [2.75, 3.05) is 5.88 Å². The lowest BCUT2D eigenvalue weighted by Crippen LogP contribution is -2.12. The van der Waals surface area contributed by atoms with E-state index in [1.165, 1.54) is 6.07 Å². The van der Waals surface area contributed by atoms with Crippen molar-refractivity contribution >= 4 is 29.1 Å². The van der Waals surface area contributed by atoms with Crippen molar-refractivity contribution in [3.8, 4) is 11.3 Å². The van der Waals surface area contributed by atoms with Crippen molar-refractivity contribution in [1.82, 2.24) is 4.98 Å². The molecule has 0 aliphatic rings.